The van der Waals surface area contributed by atoms with Crippen LogP contribution in [-0.2, 0) is 0 Å². The highest BCUT2D eigenvalue weighted by molar-refractivity contribution is 5.53. The maximum absolute atomic E-state index is 9.13. The van der Waals surface area contributed by atoms with Crippen molar-refractivity contribution in [3.63, 3.8) is 0 Å². The Morgan fingerprint density at radius 1 is 1.29 bits per heavy atom. The molecule has 106 valence electrons. The number of hydrogen-bond acceptors (Lipinski definition) is 4. The summed E-state index contributed by atoms with van der Waals surface area (Å²) in [4.78, 5) is 0. The van der Waals surface area contributed by atoms with Crippen LogP contribution in [0.5, 0.6) is 11.5 Å². The Kier molecular flexibility index (Phi) is 3.65. The van der Waals surface area contributed by atoms with Crippen molar-refractivity contribution >= 4 is 5.69 Å². The van der Waals surface area contributed by atoms with E-state index in [1.807, 2.05) is 18.2 Å². The third kappa shape index (κ3) is 2.77. The minimum Gasteiger partial charge on any atom is -0.493 e. The highest BCUT2D eigenvalue weighted by Crippen LogP contribution is 2.34. The molecule has 0 saturated heterocycles. The predicted octanol–water partition coefficient (Wildman–Crippen LogP) is 3.09. The lowest BCUT2D eigenvalue weighted by Gasteiger charge is -2.26. The van der Waals surface area contributed by atoms with Gasteiger partial charge < -0.3 is 15.2 Å². The van der Waals surface area contributed by atoms with Gasteiger partial charge >= 0.3 is 0 Å². The van der Waals surface area contributed by atoms with E-state index >= 15 is 0 Å². The molecule has 2 aromatic rings. The van der Waals surface area contributed by atoms with E-state index in [0.717, 1.165) is 17.7 Å². The number of benzene rings is 2. The molecular formula is C17H16N2O2. The summed E-state index contributed by atoms with van der Waals surface area (Å²) in [5, 5.41) is 9.13. The Hall–Kier alpha value is -2.67. The zero-order valence-corrected chi connectivity index (χ0v) is 11.6. The average Bonchev–Trinajstić information content (AvgIpc) is 2.53. The van der Waals surface area contributed by atoms with Crippen molar-refractivity contribution in [3.8, 4) is 17.6 Å². The van der Waals surface area contributed by atoms with Gasteiger partial charge in [0, 0.05) is 17.2 Å². The minimum atomic E-state index is 0.277. The number of para-hydroxylation sites is 1. The highest BCUT2D eigenvalue weighted by Gasteiger charge is 2.21. The number of ether oxygens (including phenoxy) is 2. The molecule has 2 N–H and O–H groups in total. The monoisotopic (exact) mass is 280 g/mol. The highest BCUT2D eigenvalue weighted by atomic mass is 16.5. The van der Waals surface area contributed by atoms with E-state index in [-0.39, 0.29) is 5.92 Å². The van der Waals surface area contributed by atoms with Crippen molar-refractivity contribution in [1.29, 1.82) is 5.26 Å². The standard InChI is InChI=1S/C17H16N2O2/c18-10-13-9-14(19)5-6-16(13)21-11-12-7-8-20-17-4-2-1-3-15(12)17/h1-6,9,12H,7-8,11,19H2. The molecule has 0 saturated carbocycles. The largest absolute Gasteiger partial charge is 0.493 e. The lowest BCUT2D eigenvalue weighted by atomic mass is 9.94. The van der Waals surface area contributed by atoms with E-state index < -0.39 is 0 Å². The molecule has 1 aliphatic heterocycles. The van der Waals surface area contributed by atoms with Crippen LogP contribution in [0.2, 0.25) is 0 Å². The molecule has 1 atom stereocenters. The fraction of sp³-hybridized carbons (Fsp3) is 0.235. The second kappa shape index (κ2) is 5.76. The maximum Gasteiger partial charge on any atom is 0.137 e. The SMILES string of the molecule is N#Cc1cc(N)ccc1OCC1CCOc2ccccc21. The van der Waals surface area contributed by atoms with Gasteiger partial charge in [-0.1, -0.05) is 18.2 Å². The second-order valence-electron chi connectivity index (χ2n) is 5.05. The molecule has 3 rings (SSSR count). The third-order valence-electron chi connectivity index (χ3n) is 3.65. The Balaban J connectivity index is 1.76. The van der Waals surface area contributed by atoms with E-state index in [9.17, 15) is 0 Å². The molecule has 0 amide bonds. The summed E-state index contributed by atoms with van der Waals surface area (Å²) < 4.78 is 11.5. The summed E-state index contributed by atoms with van der Waals surface area (Å²) in [6.45, 7) is 1.22. The molecular weight excluding hydrogens is 264 g/mol. The first kappa shape index (κ1) is 13.3. The summed E-state index contributed by atoms with van der Waals surface area (Å²) in [7, 11) is 0. The Morgan fingerprint density at radius 3 is 3.00 bits per heavy atom. The van der Waals surface area contributed by atoms with E-state index in [1.54, 1.807) is 18.2 Å². The van der Waals surface area contributed by atoms with Crippen LogP contribution >= 0.6 is 0 Å². The van der Waals surface area contributed by atoms with Crippen LogP contribution in [-0.4, -0.2) is 13.2 Å². The molecule has 0 bridgehead atoms. The summed E-state index contributed by atoms with van der Waals surface area (Å²) in [5.74, 6) is 1.78. The normalized spacial score (nSPS) is 16.4. The maximum atomic E-state index is 9.13. The third-order valence-corrected chi connectivity index (χ3v) is 3.65. The van der Waals surface area contributed by atoms with Crippen LogP contribution in [0.3, 0.4) is 0 Å². The van der Waals surface area contributed by atoms with Gasteiger partial charge in [0.05, 0.1) is 18.8 Å². The van der Waals surface area contributed by atoms with Crippen LogP contribution in [0.25, 0.3) is 0 Å². The van der Waals surface area contributed by atoms with Crippen molar-refractivity contribution in [1.82, 2.24) is 0 Å². The van der Waals surface area contributed by atoms with Crippen LogP contribution in [0.15, 0.2) is 42.5 Å². The van der Waals surface area contributed by atoms with Crippen molar-refractivity contribution in [3.05, 3.63) is 53.6 Å². The van der Waals surface area contributed by atoms with Crippen molar-refractivity contribution in [2.75, 3.05) is 18.9 Å². The summed E-state index contributed by atoms with van der Waals surface area (Å²) in [6, 6.07) is 15.3. The minimum absolute atomic E-state index is 0.277. The Morgan fingerprint density at radius 2 is 2.14 bits per heavy atom. The van der Waals surface area contributed by atoms with Gasteiger partial charge in [0.25, 0.3) is 0 Å². The van der Waals surface area contributed by atoms with Gasteiger partial charge in [-0.25, -0.2) is 0 Å². The summed E-state index contributed by atoms with van der Waals surface area (Å²) in [6.07, 6.45) is 0.911. The van der Waals surface area contributed by atoms with Gasteiger partial charge in [-0.15, -0.1) is 0 Å². The van der Waals surface area contributed by atoms with Crippen LogP contribution in [0.1, 0.15) is 23.5 Å². The van der Waals surface area contributed by atoms with Gasteiger partial charge in [-0.2, -0.15) is 5.26 Å². The van der Waals surface area contributed by atoms with Gasteiger partial charge in [0.2, 0.25) is 0 Å². The van der Waals surface area contributed by atoms with Crippen LogP contribution in [0.4, 0.5) is 5.69 Å². The van der Waals surface area contributed by atoms with Crippen molar-refractivity contribution < 1.29 is 9.47 Å². The number of anilines is 1. The molecule has 4 nitrogen and oxygen atoms in total. The van der Waals surface area contributed by atoms with Gasteiger partial charge in [0.15, 0.2) is 0 Å². The van der Waals surface area contributed by atoms with E-state index in [0.29, 0.717) is 30.2 Å². The van der Waals surface area contributed by atoms with Gasteiger partial charge in [0.1, 0.15) is 17.6 Å². The molecule has 1 heterocycles. The molecule has 2 aromatic carbocycles. The quantitative estimate of drug-likeness (QED) is 0.877. The summed E-state index contributed by atoms with van der Waals surface area (Å²) >= 11 is 0. The number of nitrogens with two attached hydrogens (primary N) is 1. The van der Waals surface area contributed by atoms with Gasteiger partial charge in [-0.3, -0.25) is 0 Å². The Bertz CT molecular complexity index is 691. The zero-order chi connectivity index (χ0) is 14.7. The molecule has 0 fully saturated rings. The van der Waals surface area contributed by atoms with E-state index in [1.165, 1.54) is 0 Å². The lowest BCUT2D eigenvalue weighted by molar-refractivity contribution is 0.217. The molecule has 21 heavy (non-hydrogen) atoms. The van der Waals surface area contributed by atoms with Gasteiger partial charge in [-0.05, 0) is 30.7 Å². The molecule has 0 aliphatic carbocycles. The number of rotatable bonds is 3. The number of nitrogens with zero attached hydrogens (tertiary/aromatic N) is 1. The van der Waals surface area contributed by atoms with Crippen LogP contribution in [0, 0.1) is 11.3 Å². The second-order valence-corrected chi connectivity index (χ2v) is 5.05. The number of hydrogen-bond donors (Lipinski definition) is 1. The van der Waals surface area contributed by atoms with E-state index in [4.69, 9.17) is 20.5 Å². The first-order valence-corrected chi connectivity index (χ1v) is 6.92. The fourth-order valence-corrected chi connectivity index (χ4v) is 2.54. The number of nitrogen functional groups attached to an aromatic ring is 1. The molecule has 0 aromatic heterocycles. The Labute approximate surface area is 123 Å². The number of fused-ring (bicyclic) bond motifs is 1. The predicted molar refractivity (Wildman–Crippen MR) is 80.4 cm³/mol. The van der Waals surface area contributed by atoms with Crippen molar-refractivity contribution in [2.24, 2.45) is 0 Å². The first-order chi connectivity index (χ1) is 10.3. The molecule has 0 radical (unpaired) electrons. The average molecular weight is 280 g/mol. The first-order valence-electron chi connectivity index (χ1n) is 6.92. The number of nitriles is 1. The smallest absolute Gasteiger partial charge is 0.137 e. The topological polar surface area (TPSA) is 68.3 Å². The molecule has 0 spiro atoms. The fourth-order valence-electron chi connectivity index (χ4n) is 2.54. The van der Waals surface area contributed by atoms with E-state index in [2.05, 4.69) is 12.1 Å². The molecule has 1 unspecified atom stereocenters. The molecule has 1 aliphatic rings. The zero-order valence-electron chi connectivity index (χ0n) is 11.6. The summed E-state index contributed by atoms with van der Waals surface area (Å²) in [5.41, 5.74) is 7.88. The van der Waals surface area contributed by atoms with Crippen LogP contribution < -0.4 is 15.2 Å². The molecule has 4 heteroatoms. The van der Waals surface area contributed by atoms with Crippen molar-refractivity contribution in [2.45, 2.75) is 12.3 Å². The lowest BCUT2D eigenvalue weighted by Crippen LogP contribution is -2.19.